The molecule has 254 valence electrons. The normalized spacial score (nSPS) is 19.0. The fourth-order valence-electron chi connectivity index (χ4n) is 7.40. The lowest BCUT2D eigenvalue weighted by atomic mass is 9.81. The minimum absolute atomic E-state index is 0.0564. The van der Waals surface area contributed by atoms with Crippen molar-refractivity contribution in [1.82, 2.24) is 23.9 Å². The molecule has 6 rings (SSSR count). The van der Waals surface area contributed by atoms with E-state index in [4.69, 9.17) is 0 Å². The lowest BCUT2D eigenvalue weighted by molar-refractivity contribution is -0.126. The number of ketones is 1. The van der Waals surface area contributed by atoms with Crippen molar-refractivity contribution in [3.8, 4) is 16.8 Å². The molecule has 2 aromatic heterocycles. The van der Waals surface area contributed by atoms with E-state index < -0.39 is 17.1 Å². The zero-order valence-electron chi connectivity index (χ0n) is 28.4. The van der Waals surface area contributed by atoms with Gasteiger partial charge in [0.2, 0.25) is 0 Å². The maximum absolute atomic E-state index is 14.5. The first-order valence-corrected chi connectivity index (χ1v) is 17.1. The quantitative estimate of drug-likeness (QED) is 0.220. The Balaban J connectivity index is 1.30. The van der Waals surface area contributed by atoms with Gasteiger partial charge in [-0.15, -0.1) is 0 Å². The van der Waals surface area contributed by atoms with Crippen LogP contribution in [0.5, 0.6) is 0 Å². The largest absolute Gasteiger partial charge is 0.395 e. The van der Waals surface area contributed by atoms with Crippen LogP contribution in [0.4, 0.5) is 4.39 Å². The molecule has 0 aliphatic heterocycles. The van der Waals surface area contributed by atoms with Crippen molar-refractivity contribution in [2.45, 2.75) is 83.0 Å². The fourth-order valence-corrected chi connectivity index (χ4v) is 7.40. The van der Waals surface area contributed by atoms with Crippen molar-refractivity contribution in [1.29, 1.82) is 0 Å². The summed E-state index contributed by atoms with van der Waals surface area (Å²) in [5.74, 6) is -0.135. The second kappa shape index (κ2) is 13.9. The first kappa shape index (κ1) is 33.9. The van der Waals surface area contributed by atoms with Gasteiger partial charge in [0.15, 0.2) is 11.4 Å². The Morgan fingerprint density at radius 1 is 1.02 bits per heavy atom. The molecule has 0 bridgehead atoms. The highest BCUT2D eigenvalue weighted by molar-refractivity contribution is 5.91. The number of aliphatic hydroxyl groups is 1. The highest BCUT2D eigenvalue weighted by Crippen LogP contribution is 2.44. The average Bonchev–Trinajstić information content (AvgIpc) is 3.89. The van der Waals surface area contributed by atoms with Gasteiger partial charge >= 0.3 is 5.69 Å². The van der Waals surface area contributed by atoms with Crippen LogP contribution in [0.2, 0.25) is 0 Å². The molecule has 2 aliphatic rings. The number of hydrogen-bond donors (Lipinski definition) is 1. The number of carbonyl (C=O) groups excluding carboxylic acids is 1. The third kappa shape index (κ3) is 6.66. The number of likely N-dealkylation sites (N-methyl/N-ethyl adjacent to an activating group) is 1. The summed E-state index contributed by atoms with van der Waals surface area (Å²) in [6.07, 6.45) is 6.02. The van der Waals surface area contributed by atoms with E-state index in [0.717, 1.165) is 61.2 Å². The number of Topliss-reactive ketones (excluding diaryl/α,β-unsaturated/α-hetero) is 1. The first-order chi connectivity index (χ1) is 23.0. The molecule has 2 heterocycles. The predicted octanol–water partition coefficient (Wildman–Crippen LogP) is 5.34. The van der Waals surface area contributed by atoms with Crippen molar-refractivity contribution < 1.29 is 14.3 Å². The zero-order chi connectivity index (χ0) is 34.2. The number of rotatable bonds is 12. The van der Waals surface area contributed by atoms with Crippen molar-refractivity contribution in [3.63, 3.8) is 0 Å². The van der Waals surface area contributed by atoms with Crippen LogP contribution in [-0.2, 0) is 11.3 Å². The van der Waals surface area contributed by atoms with E-state index in [0.29, 0.717) is 37.5 Å². The van der Waals surface area contributed by atoms with Gasteiger partial charge in [-0.25, -0.2) is 18.7 Å². The van der Waals surface area contributed by atoms with E-state index in [1.807, 2.05) is 49.3 Å². The number of aliphatic hydroxyl groups excluding tert-OH is 1. The van der Waals surface area contributed by atoms with Crippen molar-refractivity contribution in [2.75, 3.05) is 27.2 Å². The highest BCUT2D eigenvalue weighted by atomic mass is 19.1. The molecular formula is C38H46FN5O4. The first-order valence-electron chi connectivity index (χ1n) is 17.1. The smallest absolute Gasteiger partial charge is 0.337 e. The standard InChI is InChI=1S/C38H46FN5O4/c1-25(2)42(18-19-45)24-27-8-12-28(13-9-27)29-6-5-7-32(21-29)43-35-33(22-30(39)23-40-35)36(47)44(37(43)48)31-14-10-26(11-15-31)20-34(46)38(16-17-38)41(3)4/h5-9,12-13,21-23,25-26,31,45H,10-11,14-20,24H2,1-4H3. The molecule has 0 amide bonds. The molecule has 2 aliphatic carbocycles. The Kier molecular flexibility index (Phi) is 9.79. The molecule has 0 saturated heterocycles. The molecule has 10 heteroatoms. The van der Waals surface area contributed by atoms with Crippen molar-refractivity contribution >= 4 is 16.8 Å². The van der Waals surface area contributed by atoms with Crippen molar-refractivity contribution in [3.05, 3.63) is 93.0 Å². The maximum Gasteiger partial charge on any atom is 0.337 e. The van der Waals surface area contributed by atoms with Crippen LogP contribution in [0.1, 0.15) is 70.4 Å². The number of carbonyl (C=O) groups is 1. The Hall–Kier alpha value is -3.99. The zero-order valence-corrected chi connectivity index (χ0v) is 28.4. The summed E-state index contributed by atoms with van der Waals surface area (Å²) in [5.41, 5.74) is 2.26. The van der Waals surface area contributed by atoms with Gasteiger partial charge in [-0.05, 0) is 107 Å². The van der Waals surface area contributed by atoms with Gasteiger partial charge in [-0.3, -0.25) is 24.0 Å². The summed E-state index contributed by atoms with van der Waals surface area (Å²) in [7, 11) is 3.93. The molecule has 4 aromatic rings. The third-order valence-electron chi connectivity index (χ3n) is 10.5. The third-order valence-corrected chi connectivity index (χ3v) is 10.5. The van der Waals surface area contributed by atoms with E-state index in [-0.39, 0.29) is 40.9 Å². The molecule has 48 heavy (non-hydrogen) atoms. The predicted molar refractivity (Wildman–Crippen MR) is 186 cm³/mol. The number of nitrogens with zero attached hydrogens (tertiary/aromatic N) is 5. The number of fused-ring (bicyclic) bond motifs is 1. The molecule has 0 radical (unpaired) electrons. The molecular weight excluding hydrogens is 609 g/mol. The van der Waals surface area contributed by atoms with E-state index in [1.54, 1.807) is 6.07 Å². The van der Waals surface area contributed by atoms with Crippen LogP contribution in [0.15, 0.2) is 70.4 Å². The summed E-state index contributed by atoms with van der Waals surface area (Å²) >= 11 is 0. The highest BCUT2D eigenvalue weighted by Gasteiger charge is 2.51. The van der Waals surface area contributed by atoms with E-state index in [2.05, 4.69) is 35.9 Å². The van der Waals surface area contributed by atoms with E-state index >= 15 is 0 Å². The van der Waals surface area contributed by atoms with Crippen LogP contribution in [0.3, 0.4) is 0 Å². The van der Waals surface area contributed by atoms with Gasteiger partial charge in [0.25, 0.3) is 5.56 Å². The average molecular weight is 656 g/mol. The van der Waals surface area contributed by atoms with E-state index in [1.165, 1.54) is 9.13 Å². The maximum atomic E-state index is 14.5. The molecule has 2 fully saturated rings. The van der Waals surface area contributed by atoms with Gasteiger partial charge in [0.1, 0.15) is 5.82 Å². The Morgan fingerprint density at radius 3 is 2.35 bits per heavy atom. The molecule has 9 nitrogen and oxygen atoms in total. The van der Waals surface area contributed by atoms with Gasteiger partial charge in [0.05, 0.1) is 29.4 Å². The molecule has 1 N–H and O–H groups in total. The fraction of sp³-hybridized carbons (Fsp3) is 0.474. The monoisotopic (exact) mass is 655 g/mol. The Labute approximate surface area is 280 Å². The number of aromatic nitrogens is 3. The topological polar surface area (TPSA) is 101 Å². The number of pyridine rings is 1. The Morgan fingerprint density at radius 2 is 1.73 bits per heavy atom. The van der Waals surface area contributed by atoms with Gasteiger partial charge < -0.3 is 5.11 Å². The van der Waals surface area contributed by atoms with Gasteiger partial charge in [0, 0.05) is 31.6 Å². The van der Waals surface area contributed by atoms with E-state index in [9.17, 15) is 23.9 Å². The molecule has 0 atom stereocenters. The minimum Gasteiger partial charge on any atom is -0.395 e. The van der Waals surface area contributed by atoms with Gasteiger partial charge in [-0.1, -0.05) is 36.4 Å². The van der Waals surface area contributed by atoms with Crippen LogP contribution >= 0.6 is 0 Å². The molecule has 2 saturated carbocycles. The summed E-state index contributed by atoms with van der Waals surface area (Å²) < 4.78 is 17.2. The molecule has 0 spiro atoms. The molecule has 2 aromatic carbocycles. The minimum atomic E-state index is -0.641. The summed E-state index contributed by atoms with van der Waals surface area (Å²) in [4.78, 5) is 49.7. The summed E-state index contributed by atoms with van der Waals surface area (Å²) in [6.45, 7) is 5.64. The molecule has 0 unspecified atom stereocenters. The Bertz CT molecular complexity index is 1900. The van der Waals surface area contributed by atoms with Gasteiger partial charge in [-0.2, -0.15) is 0 Å². The summed E-state index contributed by atoms with van der Waals surface area (Å²) in [5, 5.41) is 9.50. The second-order valence-corrected chi connectivity index (χ2v) is 14.1. The lowest BCUT2D eigenvalue weighted by Crippen LogP contribution is -2.43. The lowest BCUT2D eigenvalue weighted by Gasteiger charge is -2.31. The van der Waals surface area contributed by atoms with Crippen molar-refractivity contribution in [2.24, 2.45) is 5.92 Å². The second-order valence-electron chi connectivity index (χ2n) is 14.1. The number of benzene rings is 2. The summed E-state index contributed by atoms with van der Waals surface area (Å²) in [6, 6.07) is 16.8. The number of hydrogen-bond acceptors (Lipinski definition) is 7. The van der Waals surface area contributed by atoms with Crippen LogP contribution in [0, 0.1) is 11.7 Å². The SMILES string of the molecule is CC(C)N(CCO)Cc1ccc(-c2cccc(-n3c(=O)n(C4CCC(CC(=O)C5(N(C)C)CC5)CC4)c(=O)c4cc(F)cnc43)c2)cc1. The van der Waals surface area contributed by atoms with Crippen LogP contribution < -0.4 is 11.2 Å². The van der Waals surface area contributed by atoms with Crippen LogP contribution in [0.25, 0.3) is 27.8 Å². The number of halogens is 1. The van der Waals surface area contributed by atoms with Crippen LogP contribution in [-0.4, -0.2) is 73.6 Å².